The van der Waals surface area contributed by atoms with Crippen LogP contribution < -0.4 is 0 Å². The van der Waals surface area contributed by atoms with Gasteiger partial charge in [-0.25, -0.2) is 8.78 Å². The number of likely N-dealkylation sites (tertiary alicyclic amines) is 1. The van der Waals surface area contributed by atoms with Gasteiger partial charge in [-0.3, -0.25) is 0 Å². The molecule has 1 saturated carbocycles. The maximum atomic E-state index is 13.4. The van der Waals surface area contributed by atoms with Crippen LogP contribution in [0.5, 0.6) is 0 Å². The molecule has 2 unspecified atom stereocenters. The van der Waals surface area contributed by atoms with Crippen molar-refractivity contribution in [3.05, 3.63) is 106 Å². The molecule has 1 aliphatic carbocycles. The summed E-state index contributed by atoms with van der Waals surface area (Å²) in [6.45, 7) is 3.31. The van der Waals surface area contributed by atoms with E-state index in [-0.39, 0.29) is 17.6 Å². The number of halogens is 3. The molecule has 4 heteroatoms. The Hall–Kier alpha value is -2.23. The summed E-state index contributed by atoms with van der Waals surface area (Å²) in [6.07, 6.45) is 3.27. The summed E-state index contributed by atoms with van der Waals surface area (Å²) in [5, 5.41) is 0.792. The van der Waals surface area contributed by atoms with Gasteiger partial charge in [0, 0.05) is 29.4 Å². The summed E-state index contributed by atoms with van der Waals surface area (Å²) in [7, 11) is 0. The van der Waals surface area contributed by atoms with E-state index in [1.165, 1.54) is 36.2 Å². The smallest absolute Gasteiger partial charge is 0.123 e. The molecule has 0 aromatic heterocycles. The van der Waals surface area contributed by atoms with Gasteiger partial charge >= 0.3 is 0 Å². The van der Waals surface area contributed by atoms with Gasteiger partial charge in [-0.15, -0.1) is 0 Å². The van der Waals surface area contributed by atoms with Gasteiger partial charge in [0.25, 0.3) is 0 Å². The van der Waals surface area contributed by atoms with Crippen molar-refractivity contribution in [2.45, 2.75) is 30.6 Å². The van der Waals surface area contributed by atoms with E-state index in [2.05, 4.69) is 17.0 Å². The van der Waals surface area contributed by atoms with Gasteiger partial charge in [-0.2, -0.15) is 0 Å². The van der Waals surface area contributed by atoms with Crippen LogP contribution in [0.2, 0.25) is 5.02 Å². The molecule has 0 spiro atoms. The lowest BCUT2D eigenvalue weighted by Crippen LogP contribution is -2.27. The van der Waals surface area contributed by atoms with E-state index < -0.39 is 0 Å². The lowest BCUT2D eigenvalue weighted by atomic mass is 9.87. The van der Waals surface area contributed by atoms with Gasteiger partial charge in [0.15, 0.2) is 0 Å². The Balaban J connectivity index is 1.24. The van der Waals surface area contributed by atoms with E-state index in [9.17, 15) is 8.78 Å². The lowest BCUT2D eigenvalue weighted by Gasteiger charge is -2.23. The second-order valence-corrected chi connectivity index (χ2v) is 9.53. The van der Waals surface area contributed by atoms with Gasteiger partial charge in [0.2, 0.25) is 0 Å². The average Bonchev–Trinajstić information content (AvgIpc) is 3.35. The number of hydrogen-bond acceptors (Lipinski definition) is 1. The zero-order valence-electron chi connectivity index (χ0n) is 17.4. The first-order valence-corrected chi connectivity index (χ1v) is 11.4. The zero-order valence-corrected chi connectivity index (χ0v) is 18.2. The molecule has 0 bridgehead atoms. The Morgan fingerprint density at radius 3 is 2.03 bits per heavy atom. The molecular weight excluding hydrogens is 412 g/mol. The summed E-state index contributed by atoms with van der Waals surface area (Å²) in [4.78, 5) is 2.58. The van der Waals surface area contributed by atoms with Gasteiger partial charge in [-0.05, 0) is 84.8 Å². The third-order valence-corrected chi connectivity index (χ3v) is 7.40. The summed E-state index contributed by atoms with van der Waals surface area (Å²) in [5.74, 6) is 0.429. The molecule has 1 nitrogen and oxygen atoms in total. The molecule has 3 aromatic rings. The summed E-state index contributed by atoms with van der Waals surface area (Å²) in [6, 6.07) is 21.8. The third kappa shape index (κ3) is 4.26. The molecule has 1 aliphatic heterocycles. The highest BCUT2D eigenvalue weighted by Gasteiger charge is 2.60. The van der Waals surface area contributed by atoms with Crippen LogP contribution in [0.3, 0.4) is 0 Å². The molecule has 2 aliphatic rings. The number of piperidine rings is 1. The predicted molar refractivity (Wildman–Crippen MR) is 122 cm³/mol. The third-order valence-electron chi connectivity index (χ3n) is 7.15. The molecule has 1 heterocycles. The van der Waals surface area contributed by atoms with Crippen molar-refractivity contribution >= 4 is 11.6 Å². The molecule has 3 aromatic carbocycles. The minimum absolute atomic E-state index is 0.142. The normalized spacial score (nSPS) is 22.6. The molecule has 2 fully saturated rings. The molecule has 5 rings (SSSR count). The van der Waals surface area contributed by atoms with E-state index in [1.54, 1.807) is 0 Å². The first-order valence-electron chi connectivity index (χ1n) is 11.0. The van der Waals surface area contributed by atoms with E-state index in [4.69, 9.17) is 11.6 Å². The van der Waals surface area contributed by atoms with Crippen molar-refractivity contribution < 1.29 is 8.78 Å². The van der Waals surface area contributed by atoms with Crippen molar-refractivity contribution in [2.24, 2.45) is 5.92 Å². The average molecular weight is 438 g/mol. The lowest BCUT2D eigenvalue weighted by molar-refractivity contribution is 0.289. The van der Waals surface area contributed by atoms with E-state index >= 15 is 0 Å². The topological polar surface area (TPSA) is 3.24 Å². The van der Waals surface area contributed by atoms with Crippen LogP contribution in [0.15, 0.2) is 72.8 Å². The molecule has 0 amide bonds. The minimum atomic E-state index is -0.231. The molecule has 1 saturated heterocycles. The fourth-order valence-corrected chi connectivity index (χ4v) is 5.55. The largest absolute Gasteiger partial charge is 0.302 e. The van der Waals surface area contributed by atoms with Gasteiger partial charge in [0.05, 0.1) is 0 Å². The Bertz CT molecular complexity index is 987. The fraction of sp³-hybridized carbons (Fsp3) is 0.333. The Morgan fingerprint density at radius 1 is 0.871 bits per heavy atom. The highest BCUT2D eigenvalue weighted by molar-refractivity contribution is 6.30. The maximum absolute atomic E-state index is 13.4. The van der Waals surface area contributed by atoms with E-state index in [1.807, 2.05) is 36.4 Å². The monoisotopic (exact) mass is 437 g/mol. The second-order valence-electron chi connectivity index (χ2n) is 9.10. The standard InChI is InChI=1S/C27H26ClF2N/c28-23-9-7-21(8-10-23)27-16-22(27)17-31(18-27)15-1-2-26(19-3-11-24(29)12-4-19)20-5-13-25(30)14-6-20/h3-14,22,26H,1-2,15-18H2. The molecule has 160 valence electrons. The van der Waals surface area contributed by atoms with Crippen LogP contribution in [0.4, 0.5) is 8.78 Å². The van der Waals surface area contributed by atoms with Crippen LogP contribution in [0.25, 0.3) is 0 Å². The zero-order chi connectivity index (χ0) is 21.4. The van der Waals surface area contributed by atoms with Gasteiger partial charge < -0.3 is 4.90 Å². The highest BCUT2D eigenvalue weighted by atomic mass is 35.5. The number of benzene rings is 3. The van der Waals surface area contributed by atoms with E-state index in [0.717, 1.165) is 54.5 Å². The molecule has 31 heavy (non-hydrogen) atoms. The number of nitrogens with zero attached hydrogens (tertiary/aromatic N) is 1. The minimum Gasteiger partial charge on any atom is -0.302 e. The predicted octanol–water partition coefficient (Wildman–Crippen LogP) is 6.80. The van der Waals surface area contributed by atoms with Crippen molar-refractivity contribution in [1.82, 2.24) is 4.90 Å². The van der Waals surface area contributed by atoms with Crippen LogP contribution in [-0.4, -0.2) is 24.5 Å². The SMILES string of the molecule is Fc1ccc(C(CCCN2CC3CC3(c3ccc(Cl)cc3)C2)c2ccc(F)cc2)cc1. The fourth-order valence-electron chi connectivity index (χ4n) is 5.42. The second kappa shape index (κ2) is 8.37. The summed E-state index contributed by atoms with van der Waals surface area (Å²) >= 11 is 6.07. The molecule has 0 radical (unpaired) electrons. The van der Waals surface area contributed by atoms with Crippen LogP contribution in [-0.2, 0) is 5.41 Å². The van der Waals surface area contributed by atoms with E-state index in [0.29, 0.717) is 5.41 Å². The van der Waals surface area contributed by atoms with Crippen molar-refractivity contribution in [2.75, 3.05) is 19.6 Å². The number of rotatable bonds is 7. The molecular formula is C27H26ClF2N. The molecule has 2 atom stereocenters. The van der Waals surface area contributed by atoms with Crippen LogP contribution in [0, 0.1) is 17.6 Å². The Kier molecular flexibility index (Phi) is 5.58. The quantitative estimate of drug-likeness (QED) is 0.392. The van der Waals surface area contributed by atoms with Crippen molar-refractivity contribution in [3.8, 4) is 0 Å². The number of fused-ring (bicyclic) bond motifs is 1. The first-order chi connectivity index (χ1) is 15.0. The number of hydrogen-bond donors (Lipinski definition) is 0. The van der Waals surface area contributed by atoms with Gasteiger partial charge in [-0.1, -0.05) is 48.0 Å². The first kappa shape index (κ1) is 20.7. The van der Waals surface area contributed by atoms with Gasteiger partial charge in [0.1, 0.15) is 11.6 Å². The maximum Gasteiger partial charge on any atom is 0.123 e. The van der Waals surface area contributed by atoms with Crippen LogP contribution in [0.1, 0.15) is 41.9 Å². The highest BCUT2D eigenvalue weighted by Crippen LogP contribution is 2.59. The van der Waals surface area contributed by atoms with Crippen molar-refractivity contribution in [3.63, 3.8) is 0 Å². The molecule has 0 N–H and O–H groups in total. The summed E-state index contributed by atoms with van der Waals surface area (Å²) in [5.41, 5.74) is 3.89. The van der Waals surface area contributed by atoms with Crippen molar-refractivity contribution in [1.29, 1.82) is 0 Å². The Labute approximate surface area is 187 Å². The summed E-state index contributed by atoms with van der Waals surface area (Å²) < 4.78 is 26.9. The van der Waals surface area contributed by atoms with Crippen LogP contribution >= 0.6 is 11.6 Å². The Morgan fingerprint density at radius 2 is 1.45 bits per heavy atom.